The number of nitrogens with zero attached hydrogens (tertiary/aromatic N) is 1. The maximum absolute atomic E-state index is 13.1. The average molecular weight is 316 g/mol. The lowest BCUT2D eigenvalue weighted by Crippen LogP contribution is -2.57. The maximum Gasteiger partial charge on any atom is 0.360 e. The predicted molar refractivity (Wildman–Crippen MR) is 86.6 cm³/mol. The largest absolute Gasteiger partial charge is 0.477 e. The average Bonchev–Trinajstić information content (AvgIpc) is 2.55. The first-order valence-electron chi connectivity index (χ1n) is 7.44. The summed E-state index contributed by atoms with van der Waals surface area (Å²) in [6.45, 7) is 1.90. The van der Waals surface area contributed by atoms with Crippen LogP contribution in [-0.2, 0) is 4.79 Å². The molecule has 2 aromatic carbocycles. The molecule has 2 rings (SSSR count). The number of amides is 1. The standard InChI is InChI=1S/C18H18FNO3/c1-2-12-20(13-17(21)22,16-6-4-3-5-7-16)18(23)14-8-10-15(19)11-9-14/h3-11H,2,12-13H2,1H3/p+1. The van der Waals surface area contributed by atoms with E-state index in [1.165, 1.54) is 24.3 Å². The number of carbonyl (C=O) groups is 2. The molecule has 23 heavy (non-hydrogen) atoms. The molecular formula is C18H19FNO3+. The minimum Gasteiger partial charge on any atom is -0.477 e. The van der Waals surface area contributed by atoms with Crippen LogP contribution in [0.15, 0.2) is 54.6 Å². The predicted octanol–water partition coefficient (Wildman–Crippen LogP) is 3.47. The SMILES string of the molecule is CCC[N+](CC(=O)O)(C(=O)c1ccc(F)cc1)c1ccccc1. The molecule has 0 bridgehead atoms. The van der Waals surface area contributed by atoms with E-state index in [1.54, 1.807) is 24.3 Å². The monoisotopic (exact) mass is 316 g/mol. The molecule has 0 aromatic heterocycles. The lowest BCUT2D eigenvalue weighted by Gasteiger charge is -2.33. The van der Waals surface area contributed by atoms with E-state index in [4.69, 9.17) is 0 Å². The third kappa shape index (κ3) is 3.63. The molecule has 0 saturated heterocycles. The van der Waals surface area contributed by atoms with Gasteiger partial charge < -0.3 is 5.11 Å². The van der Waals surface area contributed by atoms with Gasteiger partial charge >= 0.3 is 11.9 Å². The van der Waals surface area contributed by atoms with Crippen molar-refractivity contribution in [1.29, 1.82) is 0 Å². The van der Waals surface area contributed by atoms with Gasteiger partial charge in [0.25, 0.3) is 0 Å². The van der Waals surface area contributed by atoms with Gasteiger partial charge in [-0.2, -0.15) is 0 Å². The number of carbonyl (C=O) groups excluding carboxylic acids is 1. The van der Waals surface area contributed by atoms with Crippen LogP contribution >= 0.6 is 0 Å². The van der Waals surface area contributed by atoms with E-state index in [-0.39, 0.29) is 16.9 Å². The lowest BCUT2D eigenvalue weighted by atomic mass is 10.1. The number of hydrogen-bond donors (Lipinski definition) is 1. The molecule has 1 N–H and O–H groups in total. The maximum atomic E-state index is 13.1. The zero-order chi connectivity index (χ0) is 16.9. The van der Waals surface area contributed by atoms with Gasteiger partial charge in [0.2, 0.25) is 0 Å². The van der Waals surface area contributed by atoms with Crippen molar-refractivity contribution in [3.63, 3.8) is 0 Å². The number of halogens is 1. The van der Waals surface area contributed by atoms with Crippen LogP contribution in [0.2, 0.25) is 0 Å². The van der Waals surface area contributed by atoms with E-state index in [9.17, 15) is 19.1 Å². The number of carboxylic acids is 1. The van der Waals surface area contributed by atoms with Gasteiger partial charge in [-0.15, -0.1) is 0 Å². The molecular weight excluding hydrogens is 297 g/mol. The zero-order valence-corrected chi connectivity index (χ0v) is 12.9. The summed E-state index contributed by atoms with van der Waals surface area (Å²) in [5.74, 6) is -1.84. The minimum absolute atomic E-state index is 0.296. The summed E-state index contributed by atoms with van der Waals surface area (Å²) in [4.78, 5) is 24.5. The fourth-order valence-electron chi connectivity index (χ4n) is 2.76. The summed E-state index contributed by atoms with van der Waals surface area (Å²) in [7, 11) is 0. The first-order valence-corrected chi connectivity index (χ1v) is 7.44. The second-order valence-electron chi connectivity index (χ2n) is 5.39. The highest BCUT2D eigenvalue weighted by molar-refractivity contribution is 6.04. The van der Waals surface area contributed by atoms with Gasteiger partial charge in [-0.05, 0) is 42.8 Å². The molecule has 0 aliphatic heterocycles. The molecule has 0 heterocycles. The molecule has 0 spiro atoms. The Balaban J connectivity index is 2.57. The number of para-hydroxylation sites is 1. The second-order valence-corrected chi connectivity index (χ2v) is 5.39. The fourth-order valence-corrected chi connectivity index (χ4v) is 2.76. The quantitative estimate of drug-likeness (QED) is 0.830. The number of hydrogen-bond acceptors (Lipinski definition) is 2. The number of aliphatic carboxylic acids is 1. The van der Waals surface area contributed by atoms with Crippen LogP contribution in [0.25, 0.3) is 0 Å². The number of rotatable bonds is 6. The summed E-state index contributed by atoms with van der Waals surface area (Å²) in [6.07, 6.45) is 0.634. The Kier molecular flexibility index (Phi) is 5.24. The Bertz CT molecular complexity index is 685. The van der Waals surface area contributed by atoms with Crippen LogP contribution in [0.5, 0.6) is 0 Å². The van der Waals surface area contributed by atoms with E-state index in [0.29, 0.717) is 24.2 Å². The molecule has 1 unspecified atom stereocenters. The van der Waals surface area contributed by atoms with Gasteiger partial charge in [0, 0.05) is 0 Å². The number of benzene rings is 2. The first-order chi connectivity index (χ1) is 11.0. The normalized spacial score (nSPS) is 13.3. The molecule has 4 nitrogen and oxygen atoms in total. The molecule has 0 fully saturated rings. The van der Waals surface area contributed by atoms with Gasteiger partial charge in [0.1, 0.15) is 11.5 Å². The highest BCUT2D eigenvalue weighted by Crippen LogP contribution is 2.27. The van der Waals surface area contributed by atoms with Crippen LogP contribution in [0.4, 0.5) is 10.1 Å². The highest BCUT2D eigenvalue weighted by Gasteiger charge is 2.41. The Labute approximate surface area is 134 Å². The van der Waals surface area contributed by atoms with Crippen molar-refractivity contribution in [3.05, 3.63) is 66.0 Å². The van der Waals surface area contributed by atoms with Crippen molar-refractivity contribution in [3.8, 4) is 0 Å². The topological polar surface area (TPSA) is 54.4 Å². The van der Waals surface area contributed by atoms with Gasteiger partial charge in [-0.1, -0.05) is 25.1 Å². The van der Waals surface area contributed by atoms with Crippen LogP contribution in [0.1, 0.15) is 23.7 Å². The summed E-state index contributed by atoms with van der Waals surface area (Å²) in [5.41, 5.74) is 0.913. The Morgan fingerprint density at radius 1 is 1.04 bits per heavy atom. The third-order valence-corrected chi connectivity index (χ3v) is 3.74. The summed E-state index contributed by atoms with van der Waals surface area (Å²) < 4.78 is 12.8. The van der Waals surface area contributed by atoms with Gasteiger partial charge in [-0.25, -0.2) is 18.5 Å². The molecule has 5 heteroatoms. The Morgan fingerprint density at radius 3 is 2.17 bits per heavy atom. The Hall–Kier alpha value is -2.53. The van der Waals surface area contributed by atoms with Crippen LogP contribution in [0.3, 0.4) is 0 Å². The molecule has 0 saturated carbocycles. The fraction of sp³-hybridized carbons (Fsp3) is 0.222. The van der Waals surface area contributed by atoms with Crippen molar-refractivity contribution in [2.75, 3.05) is 13.1 Å². The van der Waals surface area contributed by atoms with Gasteiger partial charge in [-0.3, -0.25) is 0 Å². The molecule has 1 amide bonds. The summed E-state index contributed by atoms with van der Waals surface area (Å²) in [6, 6.07) is 14.1. The molecule has 120 valence electrons. The molecule has 2 aromatic rings. The zero-order valence-electron chi connectivity index (χ0n) is 12.9. The van der Waals surface area contributed by atoms with Crippen LogP contribution in [0, 0.1) is 5.82 Å². The summed E-state index contributed by atoms with van der Waals surface area (Å²) >= 11 is 0. The van der Waals surface area contributed by atoms with Crippen molar-refractivity contribution in [1.82, 2.24) is 4.48 Å². The van der Waals surface area contributed by atoms with Crippen LogP contribution in [-0.4, -0.2) is 30.1 Å². The van der Waals surface area contributed by atoms with Crippen molar-refractivity contribution in [2.45, 2.75) is 13.3 Å². The summed E-state index contributed by atoms with van der Waals surface area (Å²) in [5, 5.41) is 9.35. The molecule has 0 radical (unpaired) electrons. The van der Waals surface area contributed by atoms with E-state index in [1.807, 2.05) is 13.0 Å². The van der Waals surface area contributed by atoms with Crippen LogP contribution < -0.4 is 4.48 Å². The van der Waals surface area contributed by atoms with E-state index in [0.717, 1.165) is 0 Å². The van der Waals surface area contributed by atoms with Crippen molar-refractivity contribution < 1.29 is 19.1 Å². The Morgan fingerprint density at radius 2 is 1.65 bits per heavy atom. The second kappa shape index (κ2) is 7.15. The van der Waals surface area contributed by atoms with Crippen molar-refractivity contribution >= 4 is 17.6 Å². The highest BCUT2D eigenvalue weighted by atomic mass is 19.1. The van der Waals surface area contributed by atoms with E-state index < -0.39 is 11.8 Å². The van der Waals surface area contributed by atoms with Gasteiger partial charge in [0.05, 0.1) is 12.1 Å². The first kappa shape index (κ1) is 16.8. The van der Waals surface area contributed by atoms with E-state index >= 15 is 0 Å². The third-order valence-electron chi connectivity index (χ3n) is 3.74. The number of carboxylic acid groups (broad SMARTS) is 1. The lowest BCUT2D eigenvalue weighted by molar-refractivity contribution is -0.137. The smallest absolute Gasteiger partial charge is 0.360 e. The van der Waals surface area contributed by atoms with Gasteiger partial charge in [0.15, 0.2) is 6.54 Å². The number of quaternary nitrogens is 1. The molecule has 0 aliphatic carbocycles. The molecule has 1 atom stereocenters. The van der Waals surface area contributed by atoms with E-state index in [2.05, 4.69) is 0 Å². The molecule has 0 aliphatic rings. The minimum atomic E-state index is -1.06. The van der Waals surface area contributed by atoms with Crippen molar-refractivity contribution in [2.24, 2.45) is 0 Å².